The fraction of sp³-hybridized carbons (Fsp3) is 0.500. The van der Waals surface area contributed by atoms with Crippen molar-refractivity contribution in [1.82, 2.24) is 25.5 Å². The Labute approximate surface area is 149 Å². The predicted octanol–water partition coefficient (Wildman–Crippen LogP) is 2.62. The molecule has 0 radical (unpaired) electrons. The second-order valence-corrected chi connectivity index (χ2v) is 8.67. The van der Waals surface area contributed by atoms with E-state index in [0.29, 0.717) is 0 Å². The van der Waals surface area contributed by atoms with Crippen molar-refractivity contribution in [3.05, 3.63) is 28.7 Å². The quantitative estimate of drug-likeness (QED) is 0.648. The minimum atomic E-state index is 0.169. The molecule has 0 saturated carbocycles. The number of anilines is 1. The Morgan fingerprint density at radius 2 is 2.38 bits per heavy atom. The number of nitrogens with zero attached hydrogens (tertiary/aromatic N) is 4. The van der Waals surface area contributed by atoms with E-state index < -0.39 is 0 Å². The van der Waals surface area contributed by atoms with Crippen molar-refractivity contribution in [3.63, 3.8) is 0 Å². The maximum Gasteiger partial charge on any atom is 0.249 e. The van der Waals surface area contributed by atoms with Gasteiger partial charge < -0.3 is 0 Å². The lowest BCUT2D eigenvalue weighted by molar-refractivity contribution is 0.499. The zero-order valence-corrected chi connectivity index (χ0v) is 15.2. The highest BCUT2D eigenvalue weighted by Gasteiger charge is 2.42. The molecule has 2 atom stereocenters. The van der Waals surface area contributed by atoms with Crippen LogP contribution in [0, 0.1) is 5.92 Å². The zero-order chi connectivity index (χ0) is 16.3. The lowest BCUT2D eigenvalue weighted by atomic mass is 9.87. The summed E-state index contributed by atoms with van der Waals surface area (Å²) in [6.45, 7) is 6.94. The normalized spacial score (nSPS) is 24.3. The van der Waals surface area contributed by atoms with Crippen LogP contribution in [0.2, 0.25) is 0 Å². The molecule has 1 saturated heterocycles. The smallest absolute Gasteiger partial charge is 0.249 e. The van der Waals surface area contributed by atoms with Crippen LogP contribution in [0.1, 0.15) is 35.5 Å². The molecule has 3 aliphatic rings. The van der Waals surface area contributed by atoms with E-state index in [0.717, 1.165) is 29.4 Å². The molecule has 2 aromatic heterocycles. The number of fused-ring (bicyclic) bond motifs is 8. The molecule has 0 amide bonds. The molecule has 0 aromatic carbocycles. The van der Waals surface area contributed by atoms with E-state index in [9.17, 15) is 0 Å². The van der Waals surface area contributed by atoms with Gasteiger partial charge in [-0.15, -0.1) is 28.1 Å². The molecule has 1 fully saturated rings. The molecule has 0 spiro atoms. The molecule has 0 bridgehead atoms. The number of aromatic nitrogens is 3. The van der Waals surface area contributed by atoms with Crippen molar-refractivity contribution in [2.75, 3.05) is 17.4 Å². The molecule has 1 aliphatic carbocycles. The van der Waals surface area contributed by atoms with Crippen molar-refractivity contribution < 1.29 is 0 Å². The molecule has 4 heterocycles. The first-order valence-corrected chi connectivity index (χ1v) is 10.2. The number of thioether (sulfide) groups is 1. The summed E-state index contributed by atoms with van der Waals surface area (Å²) in [7, 11) is 0. The number of hydrazine groups is 1. The van der Waals surface area contributed by atoms with Gasteiger partial charge in [0.15, 0.2) is 5.16 Å². The van der Waals surface area contributed by atoms with E-state index in [2.05, 4.69) is 44.0 Å². The molecule has 2 aliphatic heterocycles. The SMILES string of the molecule is C=CCSc1nnc2n1-c1sc3c(c1C1NCNN21)CC[C@H](C)C3. The van der Waals surface area contributed by atoms with Gasteiger partial charge in [0.25, 0.3) is 0 Å². The maximum absolute atomic E-state index is 4.46. The molecular weight excluding hydrogens is 340 g/mol. The van der Waals surface area contributed by atoms with Crippen molar-refractivity contribution in [3.8, 4) is 5.00 Å². The summed E-state index contributed by atoms with van der Waals surface area (Å²) in [5.74, 6) is 2.50. The summed E-state index contributed by atoms with van der Waals surface area (Å²) in [5, 5.41) is 16.9. The van der Waals surface area contributed by atoms with Crippen LogP contribution in [0.5, 0.6) is 0 Å². The molecule has 8 heteroatoms. The lowest BCUT2D eigenvalue weighted by Gasteiger charge is -2.31. The van der Waals surface area contributed by atoms with Gasteiger partial charge in [-0.3, -0.25) is 10.3 Å². The van der Waals surface area contributed by atoms with Gasteiger partial charge in [-0.2, -0.15) is 0 Å². The number of rotatable bonds is 3. The average molecular weight is 361 g/mol. The molecule has 5 rings (SSSR count). The van der Waals surface area contributed by atoms with E-state index in [1.165, 1.54) is 29.8 Å². The Hall–Kier alpha value is -1.35. The van der Waals surface area contributed by atoms with Crippen molar-refractivity contribution in [2.24, 2.45) is 5.92 Å². The predicted molar refractivity (Wildman–Crippen MR) is 97.7 cm³/mol. The van der Waals surface area contributed by atoms with Gasteiger partial charge in [0.05, 0.1) is 6.67 Å². The molecular formula is C16H20N6S2. The number of nitrogens with one attached hydrogen (secondary N) is 2. The van der Waals surface area contributed by atoms with E-state index in [-0.39, 0.29) is 6.17 Å². The second kappa shape index (κ2) is 5.59. The van der Waals surface area contributed by atoms with Crippen molar-refractivity contribution in [2.45, 2.75) is 37.5 Å². The summed E-state index contributed by atoms with van der Waals surface area (Å²) in [6, 6.07) is 0. The fourth-order valence-electron chi connectivity index (χ4n) is 3.86. The van der Waals surface area contributed by atoms with E-state index in [1.54, 1.807) is 22.2 Å². The maximum atomic E-state index is 4.46. The largest absolute Gasteiger partial charge is 0.278 e. The van der Waals surface area contributed by atoms with Gasteiger partial charge in [-0.25, -0.2) is 9.99 Å². The highest BCUT2D eigenvalue weighted by atomic mass is 32.2. The van der Waals surface area contributed by atoms with Crippen molar-refractivity contribution >= 4 is 29.0 Å². The first-order chi connectivity index (χ1) is 11.8. The topological polar surface area (TPSA) is 58.0 Å². The third kappa shape index (κ3) is 2.03. The minimum Gasteiger partial charge on any atom is -0.278 e. The van der Waals surface area contributed by atoms with Crippen molar-refractivity contribution in [1.29, 1.82) is 0 Å². The standard InChI is InChI=1S/C16H20N6S2/c1-3-6-23-16-20-19-15-21(16)14-12(13-17-8-18-22(13)15)10-5-4-9(2)7-11(10)24-14/h3,9,13,17-18H,1,4-8H2,2H3/t9-,13?/m0/s1. The van der Waals surface area contributed by atoms with Crippen LogP contribution >= 0.6 is 23.1 Å². The lowest BCUT2D eigenvalue weighted by Crippen LogP contribution is -2.39. The summed E-state index contributed by atoms with van der Waals surface area (Å²) < 4.78 is 2.23. The molecule has 126 valence electrons. The Balaban J connectivity index is 1.70. The highest BCUT2D eigenvalue weighted by molar-refractivity contribution is 7.99. The van der Waals surface area contributed by atoms with Gasteiger partial charge in [0, 0.05) is 16.2 Å². The van der Waals surface area contributed by atoms with Crippen LogP contribution in [0.15, 0.2) is 17.8 Å². The molecule has 1 unspecified atom stereocenters. The molecule has 6 nitrogen and oxygen atoms in total. The van der Waals surface area contributed by atoms with Crippen LogP contribution in [-0.4, -0.2) is 27.2 Å². The van der Waals surface area contributed by atoms with Crippen LogP contribution in [0.25, 0.3) is 5.00 Å². The summed E-state index contributed by atoms with van der Waals surface area (Å²) >= 11 is 3.62. The summed E-state index contributed by atoms with van der Waals surface area (Å²) in [4.78, 5) is 1.55. The summed E-state index contributed by atoms with van der Waals surface area (Å²) in [6.07, 6.45) is 5.74. The Bertz CT molecular complexity index is 810. The number of hydrogen-bond acceptors (Lipinski definition) is 7. The van der Waals surface area contributed by atoms with Crippen LogP contribution in [0.4, 0.5) is 5.95 Å². The van der Waals surface area contributed by atoms with Gasteiger partial charge in [-0.05, 0) is 30.7 Å². The monoisotopic (exact) mass is 360 g/mol. The highest BCUT2D eigenvalue weighted by Crippen LogP contribution is 2.48. The first kappa shape index (κ1) is 14.9. The van der Waals surface area contributed by atoms with Crippen LogP contribution in [-0.2, 0) is 12.8 Å². The molecule has 2 aromatic rings. The Morgan fingerprint density at radius 3 is 3.25 bits per heavy atom. The third-order valence-corrected chi connectivity index (χ3v) is 7.15. The average Bonchev–Trinajstić information content (AvgIpc) is 3.27. The zero-order valence-electron chi connectivity index (χ0n) is 13.6. The van der Waals surface area contributed by atoms with E-state index >= 15 is 0 Å². The molecule has 24 heavy (non-hydrogen) atoms. The number of thiophene rings is 1. The molecule has 2 N–H and O–H groups in total. The van der Waals surface area contributed by atoms with E-state index in [1.807, 2.05) is 17.4 Å². The second-order valence-electron chi connectivity index (χ2n) is 6.60. The van der Waals surface area contributed by atoms with Gasteiger partial charge in [0.2, 0.25) is 5.95 Å². The van der Waals surface area contributed by atoms with Gasteiger partial charge in [-0.1, -0.05) is 24.8 Å². The number of hydrogen-bond donors (Lipinski definition) is 2. The fourth-order valence-corrected chi connectivity index (χ4v) is 6.13. The van der Waals surface area contributed by atoms with Gasteiger partial charge >= 0.3 is 0 Å². The van der Waals surface area contributed by atoms with Crippen LogP contribution < -0.4 is 15.8 Å². The Morgan fingerprint density at radius 1 is 1.46 bits per heavy atom. The van der Waals surface area contributed by atoms with Gasteiger partial charge in [0.1, 0.15) is 11.2 Å². The third-order valence-electron chi connectivity index (χ3n) is 4.97. The minimum absolute atomic E-state index is 0.169. The first-order valence-electron chi connectivity index (χ1n) is 8.38. The Kier molecular flexibility index (Phi) is 3.48. The van der Waals surface area contributed by atoms with E-state index in [4.69, 9.17) is 0 Å². The van der Waals surface area contributed by atoms with Crippen LogP contribution in [0.3, 0.4) is 0 Å². The summed E-state index contributed by atoms with van der Waals surface area (Å²) in [5.41, 5.74) is 6.39.